The summed E-state index contributed by atoms with van der Waals surface area (Å²) in [7, 11) is 0. The van der Waals surface area contributed by atoms with Crippen LogP contribution in [0.2, 0.25) is 0 Å². The van der Waals surface area contributed by atoms with Crippen molar-refractivity contribution >= 4 is 0 Å². The zero-order chi connectivity index (χ0) is 18.2. The average Bonchev–Trinajstić information content (AvgIpc) is 2.69. The smallest absolute Gasteiger partial charge is 0.119 e. The third-order valence-electron chi connectivity index (χ3n) is 4.69. The molecular weight excluding hydrogens is 316 g/mol. The minimum atomic E-state index is 0.685. The number of ether oxygens (including phenoxy) is 1. The van der Waals surface area contributed by atoms with Crippen molar-refractivity contribution in [2.45, 2.75) is 39.5 Å². The monoisotopic (exact) mass is 344 g/mol. The summed E-state index contributed by atoms with van der Waals surface area (Å²) < 4.78 is 5.69. The SMILES string of the molecule is CCCCCc1cccc(-c2ccccc2-c2cccc(OCC)c2)c1. The van der Waals surface area contributed by atoms with E-state index in [1.165, 1.54) is 47.1 Å². The highest BCUT2D eigenvalue weighted by molar-refractivity contribution is 5.84. The molecule has 1 nitrogen and oxygen atoms in total. The lowest BCUT2D eigenvalue weighted by Gasteiger charge is -2.13. The van der Waals surface area contributed by atoms with Crippen LogP contribution in [0.4, 0.5) is 0 Å². The molecule has 0 bridgehead atoms. The van der Waals surface area contributed by atoms with Crippen molar-refractivity contribution in [1.29, 1.82) is 0 Å². The lowest BCUT2D eigenvalue weighted by Crippen LogP contribution is -1.92. The molecule has 0 saturated carbocycles. The van der Waals surface area contributed by atoms with Gasteiger partial charge in [0.15, 0.2) is 0 Å². The fraction of sp³-hybridized carbons (Fsp3) is 0.280. The van der Waals surface area contributed by atoms with E-state index < -0.39 is 0 Å². The van der Waals surface area contributed by atoms with E-state index >= 15 is 0 Å². The van der Waals surface area contributed by atoms with Crippen molar-refractivity contribution < 1.29 is 4.74 Å². The van der Waals surface area contributed by atoms with Crippen LogP contribution in [0, 0.1) is 0 Å². The van der Waals surface area contributed by atoms with Gasteiger partial charge in [0, 0.05) is 0 Å². The van der Waals surface area contributed by atoms with Gasteiger partial charge in [-0.2, -0.15) is 0 Å². The van der Waals surface area contributed by atoms with Gasteiger partial charge in [0.05, 0.1) is 6.61 Å². The van der Waals surface area contributed by atoms with Crippen molar-refractivity contribution in [3.05, 3.63) is 78.4 Å². The molecule has 0 unspecified atom stereocenters. The minimum Gasteiger partial charge on any atom is -0.494 e. The van der Waals surface area contributed by atoms with Crippen LogP contribution < -0.4 is 4.74 Å². The average molecular weight is 344 g/mol. The molecule has 0 amide bonds. The van der Waals surface area contributed by atoms with Crippen LogP contribution in [0.15, 0.2) is 72.8 Å². The normalized spacial score (nSPS) is 10.7. The summed E-state index contributed by atoms with van der Waals surface area (Å²) in [5.74, 6) is 0.924. The number of hydrogen-bond acceptors (Lipinski definition) is 1. The summed E-state index contributed by atoms with van der Waals surface area (Å²) in [6.45, 7) is 4.96. The van der Waals surface area contributed by atoms with E-state index in [0.717, 1.165) is 12.2 Å². The van der Waals surface area contributed by atoms with Crippen molar-refractivity contribution in [3.8, 4) is 28.0 Å². The number of aryl methyl sites for hydroxylation is 1. The second kappa shape index (κ2) is 9.24. The molecule has 0 spiro atoms. The van der Waals surface area contributed by atoms with Crippen LogP contribution in [0.5, 0.6) is 5.75 Å². The number of unbranched alkanes of at least 4 members (excludes halogenated alkanes) is 2. The van der Waals surface area contributed by atoms with Crippen molar-refractivity contribution in [2.75, 3.05) is 6.61 Å². The summed E-state index contributed by atoms with van der Waals surface area (Å²) in [5.41, 5.74) is 6.44. The van der Waals surface area contributed by atoms with Crippen molar-refractivity contribution in [2.24, 2.45) is 0 Å². The second-order valence-corrected chi connectivity index (χ2v) is 6.66. The van der Waals surface area contributed by atoms with Gasteiger partial charge in [-0.25, -0.2) is 0 Å². The van der Waals surface area contributed by atoms with Gasteiger partial charge < -0.3 is 4.74 Å². The first-order chi connectivity index (χ1) is 12.8. The van der Waals surface area contributed by atoms with Crippen LogP contribution in [-0.4, -0.2) is 6.61 Å². The highest BCUT2D eigenvalue weighted by Crippen LogP contribution is 2.34. The summed E-state index contributed by atoms with van der Waals surface area (Å²) in [5, 5.41) is 0. The fourth-order valence-corrected chi connectivity index (χ4v) is 3.38. The molecule has 3 rings (SSSR count). The van der Waals surface area contributed by atoms with E-state index in [-0.39, 0.29) is 0 Å². The maximum absolute atomic E-state index is 5.69. The third-order valence-corrected chi connectivity index (χ3v) is 4.69. The summed E-state index contributed by atoms with van der Waals surface area (Å²) in [6, 6.07) is 26.0. The van der Waals surface area contributed by atoms with Gasteiger partial charge in [0.25, 0.3) is 0 Å². The van der Waals surface area contributed by atoms with E-state index in [0.29, 0.717) is 6.61 Å². The molecule has 0 aliphatic heterocycles. The fourth-order valence-electron chi connectivity index (χ4n) is 3.38. The van der Waals surface area contributed by atoms with Crippen LogP contribution in [0.1, 0.15) is 38.7 Å². The van der Waals surface area contributed by atoms with Crippen LogP contribution in [-0.2, 0) is 6.42 Å². The number of rotatable bonds is 8. The van der Waals surface area contributed by atoms with Crippen LogP contribution >= 0.6 is 0 Å². The van der Waals surface area contributed by atoms with Gasteiger partial charge in [-0.1, -0.05) is 80.4 Å². The first kappa shape index (κ1) is 18.3. The molecule has 0 saturated heterocycles. The zero-order valence-corrected chi connectivity index (χ0v) is 15.9. The first-order valence-electron chi connectivity index (χ1n) is 9.73. The van der Waals surface area contributed by atoms with E-state index in [2.05, 4.69) is 73.7 Å². The third kappa shape index (κ3) is 4.54. The van der Waals surface area contributed by atoms with Gasteiger partial charge in [-0.3, -0.25) is 0 Å². The van der Waals surface area contributed by atoms with Crippen LogP contribution in [0.25, 0.3) is 22.3 Å². The lowest BCUT2D eigenvalue weighted by molar-refractivity contribution is 0.340. The van der Waals surface area contributed by atoms with Gasteiger partial charge in [-0.15, -0.1) is 0 Å². The molecule has 0 aliphatic rings. The molecule has 0 N–H and O–H groups in total. The van der Waals surface area contributed by atoms with E-state index in [1.54, 1.807) is 0 Å². The topological polar surface area (TPSA) is 9.23 Å². The minimum absolute atomic E-state index is 0.685. The molecule has 0 heterocycles. The zero-order valence-electron chi connectivity index (χ0n) is 15.9. The molecular formula is C25H28O. The first-order valence-corrected chi connectivity index (χ1v) is 9.73. The molecule has 3 aromatic rings. The Hall–Kier alpha value is -2.54. The molecule has 0 aromatic heterocycles. The Labute approximate surface area is 157 Å². The van der Waals surface area contributed by atoms with E-state index in [1.807, 2.05) is 13.0 Å². The quantitative estimate of drug-likeness (QED) is 0.394. The van der Waals surface area contributed by atoms with E-state index in [4.69, 9.17) is 4.74 Å². The molecule has 134 valence electrons. The Morgan fingerprint density at radius 3 is 2.08 bits per heavy atom. The lowest BCUT2D eigenvalue weighted by atomic mass is 9.93. The number of hydrogen-bond donors (Lipinski definition) is 0. The Balaban J connectivity index is 1.95. The highest BCUT2D eigenvalue weighted by atomic mass is 16.5. The number of benzene rings is 3. The van der Waals surface area contributed by atoms with Gasteiger partial charge >= 0.3 is 0 Å². The standard InChI is InChI=1S/C25H28O/c1-3-5-6-11-20-12-9-13-21(18-20)24-16-7-8-17-25(24)22-14-10-15-23(19-22)26-4-2/h7-10,12-19H,3-6,11H2,1-2H3. The summed E-state index contributed by atoms with van der Waals surface area (Å²) >= 11 is 0. The van der Waals surface area contributed by atoms with Gasteiger partial charge in [0.2, 0.25) is 0 Å². The molecule has 0 fully saturated rings. The predicted molar refractivity (Wildman–Crippen MR) is 112 cm³/mol. The predicted octanol–water partition coefficient (Wildman–Crippen LogP) is 7.15. The molecule has 1 heteroatoms. The van der Waals surface area contributed by atoms with Gasteiger partial charge in [0.1, 0.15) is 5.75 Å². The van der Waals surface area contributed by atoms with Crippen molar-refractivity contribution in [1.82, 2.24) is 0 Å². The molecule has 26 heavy (non-hydrogen) atoms. The summed E-state index contributed by atoms with van der Waals surface area (Å²) in [6.07, 6.45) is 4.98. The molecule has 3 aromatic carbocycles. The Morgan fingerprint density at radius 1 is 0.692 bits per heavy atom. The largest absolute Gasteiger partial charge is 0.494 e. The van der Waals surface area contributed by atoms with E-state index in [9.17, 15) is 0 Å². The second-order valence-electron chi connectivity index (χ2n) is 6.66. The molecule has 0 atom stereocenters. The Kier molecular flexibility index (Phi) is 6.49. The molecule has 0 radical (unpaired) electrons. The Bertz CT molecular complexity index is 835. The maximum atomic E-state index is 5.69. The summed E-state index contributed by atoms with van der Waals surface area (Å²) in [4.78, 5) is 0. The van der Waals surface area contributed by atoms with Gasteiger partial charge in [-0.05, 0) is 59.7 Å². The van der Waals surface area contributed by atoms with Crippen LogP contribution in [0.3, 0.4) is 0 Å². The molecule has 0 aliphatic carbocycles. The Morgan fingerprint density at radius 2 is 1.38 bits per heavy atom. The van der Waals surface area contributed by atoms with Crippen molar-refractivity contribution in [3.63, 3.8) is 0 Å². The highest BCUT2D eigenvalue weighted by Gasteiger charge is 2.08. The maximum Gasteiger partial charge on any atom is 0.119 e.